The molecule has 2 heterocycles. The van der Waals surface area contributed by atoms with Crippen LogP contribution in [0.3, 0.4) is 0 Å². The van der Waals surface area contributed by atoms with Crippen LogP contribution in [0, 0.1) is 0 Å². The number of alkyl halides is 3. The van der Waals surface area contributed by atoms with Crippen LogP contribution in [0.2, 0.25) is 0 Å². The van der Waals surface area contributed by atoms with Gasteiger partial charge < -0.3 is 4.90 Å². The van der Waals surface area contributed by atoms with Crippen molar-refractivity contribution in [2.45, 2.75) is 19.1 Å². The van der Waals surface area contributed by atoms with Crippen LogP contribution < -0.4 is 0 Å². The number of rotatable bonds is 3. The lowest BCUT2D eigenvalue weighted by molar-refractivity contribution is -0.141. The molecule has 1 atom stereocenters. The standard InChI is InChI=1S/C14H13F3N2OS/c1-9(11-4-3-7-21-11)19(2)13(20)10-5-6-12(18-8-10)14(15,16)17/h3-9H,1-2H3. The first-order valence-corrected chi connectivity index (χ1v) is 7.02. The van der Waals surface area contributed by atoms with Crippen LogP contribution in [0.15, 0.2) is 35.8 Å². The number of hydrogen-bond acceptors (Lipinski definition) is 3. The van der Waals surface area contributed by atoms with Gasteiger partial charge in [-0.3, -0.25) is 9.78 Å². The SMILES string of the molecule is CC(c1cccs1)N(C)C(=O)c1ccc(C(F)(F)F)nc1. The molecule has 2 aromatic rings. The summed E-state index contributed by atoms with van der Waals surface area (Å²) in [6, 6.07) is 5.60. The number of amides is 1. The minimum absolute atomic E-state index is 0.133. The first kappa shape index (κ1) is 15.5. The highest BCUT2D eigenvalue weighted by Gasteiger charge is 2.32. The zero-order chi connectivity index (χ0) is 15.6. The fourth-order valence-electron chi connectivity index (χ4n) is 1.79. The Morgan fingerprint density at radius 1 is 1.33 bits per heavy atom. The summed E-state index contributed by atoms with van der Waals surface area (Å²) in [4.78, 5) is 18.0. The summed E-state index contributed by atoms with van der Waals surface area (Å²) in [6.45, 7) is 1.86. The van der Waals surface area contributed by atoms with Gasteiger partial charge in [-0.05, 0) is 30.5 Å². The quantitative estimate of drug-likeness (QED) is 0.858. The molecule has 112 valence electrons. The topological polar surface area (TPSA) is 33.2 Å². The van der Waals surface area contributed by atoms with Crippen LogP contribution in [-0.4, -0.2) is 22.8 Å². The highest BCUT2D eigenvalue weighted by atomic mass is 32.1. The van der Waals surface area contributed by atoms with E-state index in [1.54, 1.807) is 7.05 Å². The second kappa shape index (κ2) is 5.85. The molecule has 0 radical (unpaired) electrons. The molecule has 0 aliphatic carbocycles. The molecule has 1 amide bonds. The fourth-order valence-corrected chi connectivity index (χ4v) is 2.61. The van der Waals surface area contributed by atoms with Crippen molar-refractivity contribution in [2.24, 2.45) is 0 Å². The molecule has 21 heavy (non-hydrogen) atoms. The number of aromatic nitrogens is 1. The van der Waals surface area contributed by atoms with E-state index in [1.165, 1.54) is 16.2 Å². The zero-order valence-electron chi connectivity index (χ0n) is 11.4. The van der Waals surface area contributed by atoms with Crippen molar-refractivity contribution in [1.29, 1.82) is 0 Å². The highest BCUT2D eigenvalue weighted by Crippen LogP contribution is 2.28. The van der Waals surface area contributed by atoms with Crippen molar-refractivity contribution >= 4 is 17.2 Å². The Morgan fingerprint density at radius 2 is 2.05 bits per heavy atom. The lowest BCUT2D eigenvalue weighted by atomic mass is 10.2. The van der Waals surface area contributed by atoms with Gasteiger partial charge in [0.15, 0.2) is 0 Å². The molecule has 0 saturated carbocycles. The molecule has 2 aromatic heterocycles. The number of pyridine rings is 1. The van der Waals surface area contributed by atoms with Gasteiger partial charge in [-0.15, -0.1) is 11.3 Å². The summed E-state index contributed by atoms with van der Waals surface area (Å²) in [6.07, 6.45) is -3.54. The van der Waals surface area contributed by atoms with Crippen molar-refractivity contribution in [2.75, 3.05) is 7.05 Å². The van der Waals surface area contributed by atoms with Gasteiger partial charge in [0.25, 0.3) is 5.91 Å². The Balaban J connectivity index is 2.16. The van der Waals surface area contributed by atoms with Crippen LogP contribution in [0.1, 0.15) is 33.9 Å². The summed E-state index contributed by atoms with van der Waals surface area (Å²) in [7, 11) is 1.62. The molecule has 0 N–H and O–H groups in total. The summed E-state index contributed by atoms with van der Waals surface area (Å²) in [5.41, 5.74) is -0.873. The van der Waals surface area contributed by atoms with Crippen molar-refractivity contribution in [3.05, 3.63) is 52.0 Å². The summed E-state index contributed by atoms with van der Waals surface area (Å²) >= 11 is 1.52. The maximum atomic E-state index is 12.4. The van der Waals surface area contributed by atoms with Crippen LogP contribution in [0.25, 0.3) is 0 Å². The van der Waals surface area contributed by atoms with Gasteiger partial charge in [0.05, 0.1) is 11.6 Å². The molecule has 0 aliphatic rings. The zero-order valence-corrected chi connectivity index (χ0v) is 12.2. The largest absolute Gasteiger partial charge is 0.433 e. The molecule has 0 spiro atoms. The Bertz CT molecular complexity index is 608. The number of carbonyl (C=O) groups is 1. The third-order valence-corrected chi connectivity index (χ3v) is 4.20. The predicted molar refractivity (Wildman–Crippen MR) is 74.1 cm³/mol. The first-order valence-electron chi connectivity index (χ1n) is 6.14. The van der Waals surface area contributed by atoms with Crippen molar-refractivity contribution in [3.63, 3.8) is 0 Å². The normalized spacial score (nSPS) is 13.0. The average Bonchev–Trinajstić information content (AvgIpc) is 2.98. The van der Waals surface area contributed by atoms with E-state index in [0.29, 0.717) is 0 Å². The minimum atomic E-state index is -4.50. The highest BCUT2D eigenvalue weighted by molar-refractivity contribution is 7.10. The van der Waals surface area contributed by atoms with Gasteiger partial charge in [0.2, 0.25) is 0 Å². The average molecular weight is 314 g/mol. The summed E-state index contributed by atoms with van der Waals surface area (Å²) in [5.74, 6) is -0.364. The summed E-state index contributed by atoms with van der Waals surface area (Å²) in [5, 5.41) is 1.91. The molecule has 7 heteroatoms. The molecule has 1 unspecified atom stereocenters. The van der Waals surface area contributed by atoms with Gasteiger partial charge in [-0.2, -0.15) is 13.2 Å². The molecule has 0 fully saturated rings. The Morgan fingerprint density at radius 3 is 2.52 bits per heavy atom. The van der Waals surface area contributed by atoms with Crippen LogP contribution in [-0.2, 0) is 6.18 Å². The van der Waals surface area contributed by atoms with Gasteiger partial charge >= 0.3 is 6.18 Å². The van der Waals surface area contributed by atoms with E-state index in [2.05, 4.69) is 4.98 Å². The first-order chi connectivity index (χ1) is 9.80. The second-order valence-corrected chi connectivity index (χ2v) is 5.52. The Kier molecular flexibility index (Phi) is 4.32. The van der Waals surface area contributed by atoms with Gasteiger partial charge in [0.1, 0.15) is 5.69 Å². The number of nitrogens with zero attached hydrogens (tertiary/aromatic N) is 2. The number of halogens is 3. The Hall–Kier alpha value is -1.89. The molecule has 0 bridgehead atoms. The number of hydrogen-bond donors (Lipinski definition) is 0. The molecular formula is C14H13F3N2OS. The molecular weight excluding hydrogens is 301 g/mol. The van der Waals surface area contributed by atoms with E-state index in [1.807, 2.05) is 24.4 Å². The fraction of sp³-hybridized carbons (Fsp3) is 0.286. The maximum absolute atomic E-state index is 12.4. The van der Waals surface area contributed by atoms with Crippen LogP contribution >= 0.6 is 11.3 Å². The van der Waals surface area contributed by atoms with Crippen molar-refractivity contribution < 1.29 is 18.0 Å². The number of thiophene rings is 1. The predicted octanol–water partition coefficient (Wildman–Crippen LogP) is 4.00. The van der Waals surface area contributed by atoms with Crippen LogP contribution in [0.5, 0.6) is 0 Å². The maximum Gasteiger partial charge on any atom is 0.433 e. The lowest BCUT2D eigenvalue weighted by Gasteiger charge is -2.24. The molecule has 2 rings (SSSR count). The molecule has 3 nitrogen and oxygen atoms in total. The number of carbonyl (C=O) groups excluding carboxylic acids is 1. The van der Waals surface area contributed by atoms with Crippen molar-refractivity contribution in [3.8, 4) is 0 Å². The van der Waals surface area contributed by atoms with Gasteiger partial charge in [-0.1, -0.05) is 6.07 Å². The molecule has 0 aliphatic heterocycles. The van der Waals surface area contributed by atoms with E-state index in [4.69, 9.17) is 0 Å². The van der Waals surface area contributed by atoms with E-state index in [9.17, 15) is 18.0 Å². The third-order valence-electron chi connectivity index (χ3n) is 3.16. The smallest absolute Gasteiger partial charge is 0.334 e. The van der Waals surface area contributed by atoms with E-state index < -0.39 is 11.9 Å². The Labute approximate surface area is 124 Å². The van der Waals surface area contributed by atoms with E-state index in [0.717, 1.165) is 23.2 Å². The monoisotopic (exact) mass is 314 g/mol. The van der Waals surface area contributed by atoms with Crippen LogP contribution in [0.4, 0.5) is 13.2 Å². The summed E-state index contributed by atoms with van der Waals surface area (Å²) < 4.78 is 37.3. The second-order valence-electron chi connectivity index (χ2n) is 4.54. The van der Waals surface area contributed by atoms with Gasteiger partial charge in [0, 0.05) is 18.1 Å². The molecule has 0 saturated heterocycles. The van der Waals surface area contributed by atoms with Crippen molar-refractivity contribution in [1.82, 2.24) is 9.88 Å². The van der Waals surface area contributed by atoms with Gasteiger partial charge in [-0.25, -0.2) is 0 Å². The molecule has 0 aromatic carbocycles. The lowest BCUT2D eigenvalue weighted by Crippen LogP contribution is -2.29. The third kappa shape index (κ3) is 3.41. The van der Waals surface area contributed by atoms with E-state index >= 15 is 0 Å². The minimum Gasteiger partial charge on any atom is -0.334 e. The van der Waals surface area contributed by atoms with E-state index in [-0.39, 0.29) is 17.5 Å².